The number of anilines is 2. The molecule has 2 aliphatic carbocycles. The Kier molecular flexibility index (Phi) is 10.8. The summed E-state index contributed by atoms with van der Waals surface area (Å²) in [4.78, 5) is 12.4. The summed E-state index contributed by atoms with van der Waals surface area (Å²) in [6, 6.07) is 17.7. The van der Waals surface area contributed by atoms with Crippen LogP contribution in [0.3, 0.4) is 0 Å². The van der Waals surface area contributed by atoms with Crippen LogP contribution < -0.4 is 16.5 Å². The Hall–Kier alpha value is -4.19. The fraction of sp³-hybridized carbons (Fsp3) is 0.378. The molecular formula is C37H45N5O. The zero-order valence-corrected chi connectivity index (χ0v) is 25.2. The Balaban J connectivity index is 0.913. The Morgan fingerprint density at radius 1 is 0.884 bits per heavy atom. The van der Waals surface area contributed by atoms with Gasteiger partial charge in [0.05, 0.1) is 5.69 Å². The van der Waals surface area contributed by atoms with E-state index in [1.54, 1.807) is 0 Å². The molecule has 1 aromatic heterocycles. The predicted molar refractivity (Wildman–Crippen MR) is 177 cm³/mol. The van der Waals surface area contributed by atoms with E-state index in [1.165, 1.54) is 36.9 Å². The van der Waals surface area contributed by atoms with Crippen molar-refractivity contribution >= 4 is 29.4 Å². The molecule has 3 aromatic rings. The average Bonchev–Trinajstić information content (AvgIpc) is 3.02. The van der Waals surface area contributed by atoms with Crippen LogP contribution in [0.1, 0.15) is 92.5 Å². The van der Waals surface area contributed by atoms with E-state index >= 15 is 0 Å². The Labute approximate surface area is 255 Å². The quantitative estimate of drug-likeness (QED) is 0.103. The summed E-state index contributed by atoms with van der Waals surface area (Å²) in [7, 11) is 0. The molecule has 6 heteroatoms. The summed E-state index contributed by atoms with van der Waals surface area (Å²) in [5, 5.41) is 16.4. The van der Waals surface area contributed by atoms with Crippen LogP contribution in [0.5, 0.6) is 0 Å². The van der Waals surface area contributed by atoms with Crippen molar-refractivity contribution in [1.82, 2.24) is 9.78 Å². The van der Waals surface area contributed by atoms with Gasteiger partial charge in [-0.25, -0.2) is 4.68 Å². The van der Waals surface area contributed by atoms with Gasteiger partial charge in [0.25, 0.3) is 0 Å². The zero-order valence-electron chi connectivity index (χ0n) is 25.2. The van der Waals surface area contributed by atoms with Gasteiger partial charge >= 0.3 is 0 Å². The van der Waals surface area contributed by atoms with Gasteiger partial charge in [-0.15, -0.1) is 0 Å². The number of carbonyl (C=O) groups excluding carboxylic acids is 1. The van der Waals surface area contributed by atoms with E-state index in [0.717, 1.165) is 67.6 Å². The molecule has 0 radical (unpaired) electrons. The van der Waals surface area contributed by atoms with Gasteiger partial charge in [-0.05, 0) is 78.6 Å². The van der Waals surface area contributed by atoms with Crippen molar-refractivity contribution in [1.29, 1.82) is 5.41 Å². The number of amides is 1. The van der Waals surface area contributed by atoms with Crippen LogP contribution in [-0.2, 0) is 17.8 Å². The third-order valence-corrected chi connectivity index (χ3v) is 8.58. The summed E-state index contributed by atoms with van der Waals surface area (Å²) < 4.78 is 1.91. The van der Waals surface area contributed by atoms with E-state index in [0.29, 0.717) is 23.7 Å². The van der Waals surface area contributed by atoms with Gasteiger partial charge in [0.15, 0.2) is 0 Å². The molecule has 0 fully saturated rings. The van der Waals surface area contributed by atoms with E-state index in [-0.39, 0.29) is 5.91 Å². The lowest BCUT2D eigenvalue weighted by atomic mass is 9.76. The van der Waals surface area contributed by atoms with Gasteiger partial charge in [-0.3, -0.25) is 10.2 Å². The first-order valence-corrected chi connectivity index (χ1v) is 16.0. The fourth-order valence-corrected chi connectivity index (χ4v) is 6.07. The highest BCUT2D eigenvalue weighted by Crippen LogP contribution is 2.37. The number of carbonyl (C=O) groups is 1. The van der Waals surface area contributed by atoms with Crippen LogP contribution in [-0.4, -0.2) is 15.7 Å². The lowest BCUT2D eigenvalue weighted by Crippen LogP contribution is -2.30. The van der Waals surface area contributed by atoms with E-state index in [4.69, 9.17) is 16.2 Å². The van der Waals surface area contributed by atoms with Crippen LogP contribution in [0.25, 0.3) is 12.2 Å². The molecule has 0 bridgehead atoms. The molecular weight excluding hydrogens is 530 g/mol. The lowest BCUT2D eigenvalue weighted by Gasteiger charge is -2.30. The molecule has 0 saturated carbocycles. The van der Waals surface area contributed by atoms with Crippen LogP contribution in [0.2, 0.25) is 0 Å². The highest BCUT2D eigenvalue weighted by Gasteiger charge is 2.29. The first kappa shape index (κ1) is 30.3. The highest BCUT2D eigenvalue weighted by atomic mass is 16.1. The van der Waals surface area contributed by atoms with Crippen molar-refractivity contribution in [3.8, 4) is 0 Å². The van der Waals surface area contributed by atoms with Crippen molar-refractivity contribution in [2.75, 3.05) is 11.1 Å². The zero-order chi connectivity index (χ0) is 29.9. The van der Waals surface area contributed by atoms with Gasteiger partial charge in [-0.2, -0.15) is 5.10 Å². The third kappa shape index (κ3) is 8.90. The highest BCUT2D eigenvalue weighted by molar-refractivity contribution is 5.90. The van der Waals surface area contributed by atoms with Crippen molar-refractivity contribution in [3.63, 3.8) is 0 Å². The Bertz CT molecular complexity index is 1500. The first-order chi connectivity index (χ1) is 21.0. The van der Waals surface area contributed by atoms with Crippen molar-refractivity contribution in [3.05, 3.63) is 107 Å². The van der Waals surface area contributed by atoms with Crippen molar-refractivity contribution in [2.45, 2.75) is 83.1 Å². The molecule has 2 aromatic carbocycles. The molecule has 0 aliphatic heterocycles. The number of hydrogen-bond donors (Lipinski definition) is 3. The minimum atomic E-state index is 0.0821. The number of nitrogens with zero attached hydrogens (tertiary/aromatic N) is 2. The Morgan fingerprint density at radius 3 is 2.23 bits per heavy atom. The average molecular weight is 576 g/mol. The number of benzene rings is 2. The molecule has 6 nitrogen and oxygen atoms in total. The number of nitrogens with two attached hydrogens (primary N) is 1. The second-order valence-corrected chi connectivity index (χ2v) is 11.9. The number of nitrogen functional groups attached to an aromatic ring is 1. The summed E-state index contributed by atoms with van der Waals surface area (Å²) in [5.74, 6) is 1.00. The molecule has 1 heterocycles. The van der Waals surface area contributed by atoms with Gasteiger partial charge < -0.3 is 11.1 Å². The second kappa shape index (κ2) is 15.3. The molecule has 2 atom stereocenters. The summed E-state index contributed by atoms with van der Waals surface area (Å²) >= 11 is 0. The number of unbranched alkanes of at least 4 members (excludes halogenated alkanes) is 7. The SMILES string of the molecule is N=c1cc2c(nn1CCCCCCCCCCC(=O)Nc1ccc(/C=C/c3ccc(N)cc3)cc1)C1C=CC=CC1CC2. The van der Waals surface area contributed by atoms with Crippen molar-refractivity contribution in [2.24, 2.45) is 5.92 Å². The monoisotopic (exact) mass is 575 g/mol. The minimum Gasteiger partial charge on any atom is -0.399 e. The number of nitrogens with one attached hydrogen (secondary N) is 2. The maximum Gasteiger partial charge on any atom is 0.224 e. The maximum absolute atomic E-state index is 12.4. The lowest BCUT2D eigenvalue weighted by molar-refractivity contribution is -0.116. The van der Waals surface area contributed by atoms with E-state index in [1.807, 2.05) is 65.4 Å². The Morgan fingerprint density at radius 2 is 1.51 bits per heavy atom. The number of aromatic nitrogens is 2. The summed E-state index contributed by atoms with van der Waals surface area (Å²) in [6.45, 7) is 0.821. The molecule has 0 saturated heterocycles. The number of rotatable bonds is 14. The van der Waals surface area contributed by atoms with Gasteiger partial charge in [0.1, 0.15) is 5.49 Å². The normalized spacial score (nSPS) is 17.1. The van der Waals surface area contributed by atoms with Gasteiger partial charge in [-0.1, -0.05) is 99.2 Å². The molecule has 43 heavy (non-hydrogen) atoms. The second-order valence-electron chi connectivity index (χ2n) is 11.9. The van der Waals surface area contributed by atoms with Gasteiger partial charge in [0.2, 0.25) is 5.91 Å². The van der Waals surface area contributed by atoms with E-state index in [9.17, 15) is 4.79 Å². The van der Waals surface area contributed by atoms with Crippen LogP contribution >= 0.6 is 0 Å². The van der Waals surface area contributed by atoms with E-state index < -0.39 is 0 Å². The molecule has 2 unspecified atom stereocenters. The minimum absolute atomic E-state index is 0.0821. The summed E-state index contributed by atoms with van der Waals surface area (Å²) in [6.07, 6.45) is 24.8. The predicted octanol–water partition coefficient (Wildman–Crippen LogP) is 8.04. The standard InChI is InChI=1S/C37H45N5O/c38-32-22-16-28(17-23-32)14-15-29-18-24-33(25-19-29)40-36(43)13-7-5-3-1-2-4-6-10-26-42-35(39)27-31-21-20-30-11-8-9-12-34(30)37(31)41-42/h8-9,11-12,14-19,22-25,27,30,34,39H,1-7,10,13,20-21,26,38H2,(H,40,43)/b15-14+,39-35?. The molecule has 0 spiro atoms. The van der Waals surface area contributed by atoms with Gasteiger partial charge in [0, 0.05) is 30.3 Å². The molecule has 224 valence electrons. The largest absolute Gasteiger partial charge is 0.399 e. The fourth-order valence-electron chi connectivity index (χ4n) is 6.07. The van der Waals surface area contributed by atoms with Crippen LogP contribution in [0, 0.1) is 11.3 Å². The topological polar surface area (TPSA) is 96.8 Å². The number of aryl methyl sites for hydroxylation is 2. The molecule has 5 rings (SSSR count). The van der Waals surface area contributed by atoms with Crippen LogP contribution in [0.15, 0.2) is 78.9 Å². The number of allylic oxidation sites excluding steroid dienone is 4. The van der Waals surface area contributed by atoms with Crippen LogP contribution in [0.4, 0.5) is 11.4 Å². The third-order valence-electron chi connectivity index (χ3n) is 8.58. The summed E-state index contributed by atoms with van der Waals surface area (Å²) in [5.41, 5.74) is 12.5. The number of hydrogen-bond acceptors (Lipinski definition) is 4. The van der Waals surface area contributed by atoms with E-state index in [2.05, 4.69) is 35.7 Å². The molecule has 2 aliphatic rings. The first-order valence-electron chi connectivity index (χ1n) is 16.0. The maximum atomic E-state index is 12.4. The molecule has 4 N–H and O–H groups in total. The molecule has 1 amide bonds. The smallest absolute Gasteiger partial charge is 0.224 e. The van der Waals surface area contributed by atoms with Crippen molar-refractivity contribution < 1.29 is 4.79 Å². The number of fused-ring (bicyclic) bond motifs is 3.